The molecule has 1 aromatic heterocycles. The van der Waals surface area contributed by atoms with Gasteiger partial charge in [-0.2, -0.15) is 5.10 Å². The monoisotopic (exact) mass is 542 g/mol. The number of hydrogen-bond acceptors (Lipinski definition) is 7. The maximum atomic E-state index is 13.8. The number of nitrogens with zero attached hydrogens (tertiary/aromatic N) is 3. The standard InChI is InChI=1S/C28H42N6O5/c1-4-30-25(36)27(2,3)5-6-34-24(33-7-9-38-10-8-33)21(16-31-34)23(35)32-22-19-11-18-12-20(22)15-28(13-18,14-19)17-39-26(29)37/h5-6,16,18-20,22H,4,7-15,17H2,1-3H3,(H2,29,37)(H,30,36)(H,32,35)/b6-5+. The normalized spacial score (nSPS) is 30.0. The predicted molar refractivity (Wildman–Crippen MR) is 146 cm³/mol. The number of anilines is 1. The number of morpholine rings is 1. The Labute approximate surface area is 229 Å². The summed E-state index contributed by atoms with van der Waals surface area (Å²) in [4.78, 5) is 39.7. The summed E-state index contributed by atoms with van der Waals surface area (Å²) in [5.41, 5.74) is 5.04. The highest BCUT2D eigenvalue weighted by molar-refractivity contribution is 5.99. The first-order chi connectivity index (χ1) is 18.6. The van der Waals surface area contributed by atoms with Gasteiger partial charge in [0, 0.05) is 37.3 Å². The molecule has 39 heavy (non-hydrogen) atoms. The van der Waals surface area contributed by atoms with Gasteiger partial charge in [-0.05, 0) is 70.6 Å². The smallest absolute Gasteiger partial charge is 0.404 e. The maximum absolute atomic E-state index is 13.8. The van der Waals surface area contributed by atoms with Crippen LogP contribution in [-0.4, -0.2) is 73.2 Å². The van der Waals surface area contributed by atoms with Gasteiger partial charge in [0.05, 0.1) is 31.4 Å². The van der Waals surface area contributed by atoms with Gasteiger partial charge in [0.15, 0.2) is 0 Å². The molecule has 11 heteroatoms. The summed E-state index contributed by atoms with van der Waals surface area (Å²) in [7, 11) is 0. The lowest BCUT2D eigenvalue weighted by atomic mass is 9.48. The van der Waals surface area contributed by atoms with E-state index in [1.807, 2.05) is 26.8 Å². The number of primary amides is 1. The molecule has 2 atom stereocenters. The molecule has 1 aliphatic heterocycles. The molecule has 0 spiro atoms. The summed E-state index contributed by atoms with van der Waals surface area (Å²) in [6.07, 6.45) is 9.63. The Bertz CT molecular complexity index is 1110. The summed E-state index contributed by atoms with van der Waals surface area (Å²) in [6, 6.07) is 0.0869. The molecular formula is C28H42N6O5. The van der Waals surface area contributed by atoms with Crippen LogP contribution in [0.4, 0.5) is 10.6 Å². The van der Waals surface area contributed by atoms with Crippen LogP contribution in [0.3, 0.4) is 0 Å². The molecule has 11 nitrogen and oxygen atoms in total. The first-order valence-corrected chi connectivity index (χ1v) is 14.2. The number of ether oxygens (including phenoxy) is 2. The zero-order chi connectivity index (χ0) is 27.8. The van der Waals surface area contributed by atoms with Crippen molar-refractivity contribution in [3.63, 3.8) is 0 Å². The van der Waals surface area contributed by atoms with E-state index in [1.54, 1.807) is 17.1 Å². The molecule has 4 aliphatic carbocycles. The van der Waals surface area contributed by atoms with Gasteiger partial charge in [-0.1, -0.05) is 6.08 Å². The SMILES string of the molecule is CCNC(=O)C(C)(C)/C=C/n1ncc(C(=O)NC2C3CC4CC2CC(COC(N)=O)(C4)C3)c1N1CCOCC1. The maximum Gasteiger partial charge on any atom is 0.404 e. The third-order valence-electron chi connectivity index (χ3n) is 9.10. The van der Waals surface area contributed by atoms with E-state index in [4.69, 9.17) is 15.2 Å². The van der Waals surface area contributed by atoms with Crippen molar-refractivity contribution in [2.24, 2.45) is 34.3 Å². The van der Waals surface area contributed by atoms with E-state index in [-0.39, 0.29) is 23.3 Å². The average Bonchev–Trinajstić information content (AvgIpc) is 3.33. The Hall–Kier alpha value is -3.08. The van der Waals surface area contributed by atoms with Gasteiger partial charge in [0.25, 0.3) is 5.91 Å². The van der Waals surface area contributed by atoms with Gasteiger partial charge in [0.1, 0.15) is 11.4 Å². The van der Waals surface area contributed by atoms with Crippen LogP contribution in [0, 0.1) is 28.6 Å². The van der Waals surface area contributed by atoms with E-state index >= 15 is 0 Å². The highest BCUT2D eigenvalue weighted by Gasteiger charge is 2.56. The summed E-state index contributed by atoms with van der Waals surface area (Å²) in [6.45, 7) is 8.99. The number of hydrogen-bond donors (Lipinski definition) is 3. The minimum absolute atomic E-state index is 0.0156. The third kappa shape index (κ3) is 5.64. The fourth-order valence-electron chi connectivity index (χ4n) is 7.49. The van der Waals surface area contributed by atoms with Crippen molar-refractivity contribution in [2.75, 3.05) is 44.4 Å². The molecule has 5 aliphatic rings. The van der Waals surface area contributed by atoms with Crippen molar-refractivity contribution >= 4 is 29.9 Å². The molecule has 0 radical (unpaired) electrons. The second kappa shape index (κ2) is 10.8. The minimum atomic E-state index is -0.735. The number of rotatable bonds is 9. The number of nitrogens with one attached hydrogen (secondary N) is 2. The first kappa shape index (κ1) is 27.5. The first-order valence-electron chi connectivity index (χ1n) is 14.2. The molecule has 3 amide bonds. The van der Waals surface area contributed by atoms with Gasteiger partial charge in [-0.25, -0.2) is 9.48 Å². The van der Waals surface area contributed by atoms with Crippen LogP contribution >= 0.6 is 0 Å². The summed E-state index contributed by atoms with van der Waals surface area (Å²) in [5.74, 6) is 1.85. The van der Waals surface area contributed by atoms with Gasteiger partial charge in [0.2, 0.25) is 5.91 Å². The van der Waals surface area contributed by atoms with Crippen molar-refractivity contribution in [1.29, 1.82) is 0 Å². The molecule has 2 heterocycles. The van der Waals surface area contributed by atoms with Crippen molar-refractivity contribution < 1.29 is 23.9 Å². The minimum Gasteiger partial charge on any atom is -0.449 e. The fourth-order valence-corrected chi connectivity index (χ4v) is 7.49. The van der Waals surface area contributed by atoms with Crippen LogP contribution in [0.1, 0.15) is 63.2 Å². The van der Waals surface area contributed by atoms with Crippen molar-refractivity contribution in [3.05, 3.63) is 17.8 Å². The lowest BCUT2D eigenvalue weighted by molar-refractivity contribution is -0.127. The molecule has 6 rings (SSSR count). The van der Waals surface area contributed by atoms with Crippen molar-refractivity contribution in [2.45, 2.75) is 58.9 Å². The molecule has 1 aromatic rings. The summed E-state index contributed by atoms with van der Waals surface area (Å²) < 4.78 is 12.5. The highest BCUT2D eigenvalue weighted by Crippen LogP contribution is 2.60. The number of nitrogens with two attached hydrogens (primary N) is 1. The second-order valence-corrected chi connectivity index (χ2v) is 12.4. The van der Waals surface area contributed by atoms with E-state index in [2.05, 4.69) is 20.6 Å². The lowest BCUT2D eigenvalue weighted by Gasteiger charge is -2.59. The third-order valence-corrected chi connectivity index (χ3v) is 9.10. The number of aromatic nitrogens is 2. The molecule has 1 saturated heterocycles. The molecule has 2 unspecified atom stereocenters. The molecule has 214 valence electrons. The average molecular weight is 543 g/mol. The van der Waals surface area contributed by atoms with Gasteiger partial charge >= 0.3 is 6.09 Å². The summed E-state index contributed by atoms with van der Waals surface area (Å²) >= 11 is 0. The van der Waals surface area contributed by atoms with Crippen LogP contribution in [0.15, 0.2) is 12.3 Å². The Morgan fingerprint density at radius 1 is 1.21 bits per heavy atom. The topological polar surface area (TPSA) is 141 Å². The van der Waals surface area contributed by atoms with Crippen LogP contribution in [0.5, 0.6) is 0 Å². The quantitative estimate of drug-likeness (QED) is 0.435. The highest BCUT2D eigenvalue weighted by atomic mass is 16.5. The van der Waals surface area contributed by atoms with Crippen molar-refractivity contribution in [1.82, 2.24) is 20.4 Å². The van der Waals surface area contributed by atoms with Crippen LogP contribution in [0.25, 0.3) is 6.20 Å². The summed E-state index contributed by atoms with van der Waals surface area (Å²) in [5, 5.41) is 10.8. The predicted octanol–water partition coefficient (Wildman–Crippen LogP) is 2.37. The number of carbonyl (C=O) groups is 3. The molecule has 4 saturated carbocycles. The zero-order valence-corrected chi connectivity index (χ0v) is 23.3. The second-order valence-electron chi connectivity index (χ2n) is 12.4. The molecule has 4 N–H and O–H groups in total. The Morgan fingerprint density at radius 2 is 1.90 bits per heavy atom. The zero-order valence-electron chi connectivity index (χ0n) is 23.3. The van der Waals surface area contributed by atoms with Gasteiger partial charge < -0.3 is 30.7 Å². The fraction of sp³-hybridized carbons (Fsp3) is 0.714. The van der Waals surface area contributed by atoms with Crippen molar-refractivity contribution in [3.8, 4) is 0 Å². The Kier molecular flexibility index (Phi) is 7.63. The van der Waals surface area contributed by atoms with Crippen LogP contribution < -0.4 is 21.3 Å². The molecular weight excluding hydrogens is 500 g/mol. The Balaban J connectivity index is 1.35. The van der Waals surface area contributed by atoms with E-state index in [1.165, 1.54) is 0 Å². The van der Waals surface area contributed by atoms with E-state index in [9.17, 15) is 14.4 Å². The molecule has 4 bridgehead atoms. The molecule has 0 aromatic carbocycles. The van der Waals surface area contributed by atoms with E-state index in [0.29, 0.717) is 68.6 Å². The number of carbonyl (C=O) groups excluding carboxylic acids is 3. The van der Waals surface area contributed by atoms with Crippen LogP contribution in [0.2, 0.25) is 0 Å². The molecule has 5 fully saturated rings. The largest absolute Gasteiger partial charge is 0.449 e. The van der Waals surface area contributed by atoms with Gasteiger partial charge in [-0.15, -0.1) is 0 Å². The lowest BCUT2D eigenvalue weighted by Crippen LogP contribution is -2.60. The van der Waals surface area contributed by atoms with E-state index in [0.717, 1.165) is 32.1 Å². The van der Waals surface area contributed by atoms with E-state index < -0.39 is 11.5 Å². The number of amides is 3. The van der Waals surface area contributed by atoms with Gasteiger partial charge in [-0.3, -0.25) is 9.59 Å². The van der Waals surface area contributed by atoms with Crippen LogP contribution in [-0.2, 0) is 14.3 Å². The Morgan fingerprint density at radius 3 is 2.54 bits per heavy atom.